The maximum atomic E-state index is 12.8. The van der Waals surface area contributed by atoms with Crippen LogP contribution in [0.5, 0.6) is 17.2 Å². The highest BCUT2D eigenvalue weighted by molar-refractivity contribution is 5.95. The first kappa shape index (κ1) is 20.9. The van der Waals surface area contributed by atoms with Gasteiger partial charge >= 0.3 is 5.97 Å². The second-order valence-electron chi connectivity index (χ2n) is 6.83. The predicted molar refractivity (Wildman–Crippen MR) is 101 cm³/mol. The van der Waals surface area contributed by atoms with Gasteiger partial charge in [-0.2, -0.15) is 0 Å². The van der Waals surface area contributed by atoms with Crippen LogP contribution in [0.2, 0.25) is 0 Å². The minimum absolute atomic E-state index is 0.137. The van der Waals surface area contributed by atoms with Gasteiger partial charge in [0.05, 0.1) is 21.3 Å². The highest BCUT2D eigenvalue weighted by Crippen LogP contribution is 2.35. The number of carbonyl (C=O) groups excluding carboxylic acids is 2. The van der Waals surface area contributed by atoms with Gasteiger partial charge < -0.3 is 23.8 Å². The molecule has 7 heteroatoms. The number of hydrogen-bond acceptors (Lipinski definition) is 6. The van der Waals surface area contributed by atoms with E-state index in [4.69, 9.17) is 18.9 Å². The SMILES string of the molecule is COc1cc(OC)c(C(=O)O[C@H](C)C(=O)N2[C@H](C)CCC[C@H]2C)cc1OC. The van der Waals surface area contributed by atoms with Crippen LogP contribution in [-0.2, 0) is 9.53 Å². The lowest BCUT2D eigenvalue weighted by atomic mass is 9.97. The van der Waals surface area contributed by atoms with Crippen LogP contribution in [0.4, 0.5) is 0 Å². The quantitative estimate of drug-likeness (QED) is 0.707. The maximum absolute atomic E-state index is 12.8. The molecule has 1 heterocycles. The van der Waals surface area contributed by atoms with Gasteiger partial charge in [0.15, 0.2) is 17.6 Å². The van der Waals surface area contributed by atoms with Gasteiger partial charge in [0.2, 0.25) is 0 Å². The van der Waals surface area contributed by atoms with Crippen LogP contribution >= 0.6 is 0 Å². The largest absolute Gasteiger partial charge is 0.496 e. The Labute approximate surface area is 160 Å². The second-order valence-corrected chi connectivity index (χ2v) is 6.83. The number of hydrogen-bond donors (Lipinski definition) is 0. The molecule has 1 aliphatic rings. The number of benzene rings is 1. The Morgan fingerprint density at radius 3 is 2.00 bits per heavy atom. The predicted octanol–water partition coefficient (Wildman–Crippen LogP) is 3.05. The zero-order valence-corrected chi connectivity index (χ0v) is 16.9. The van der Waals surface area contributed by atoms with E-state index in [1.165, 1.54) is 27.4 Å². The number of likely N-dealkylation sites (tertiary alicyclic amines) is 1. The van der Waals surface area contributed by atoms with E-state index in [9.17, 15) is 9.59 Å². The molecule has 3 atom stereocenters. The number of nitrogens with zero attached hydrogens (tertiary/aromatic N) is 1. The number of ether oxygens (including phenoxy) is 4. The molecule has 1 aromatic rings. The van der Waals surface area contributed by atoms with E-state index in [1.807, 2.05) is 18.7 Å². The number of esters is 1. The van der Waals surface area contributed by atoms with E-state index in [0.29, 0.717) is 11.5 Å². The smallest absolute Gasteiger partial charge is 0.342 e. The molecular weight excluding hydrogens is 350 g/mol. The van der Waals surface area contributed by atoms with Gasteiger partial charge in [0.25, 0.3) is 5.91 Å². The summed E-state index contributed by atoms with van der Waals surface area (Å²) in [5.74, 6) is 0.277. The fourth-order valence-electron chi connectivity index (χ4n) is 3.53. The molecule has 27 heavy (non-hydrogen) atoms. The summed E-state index contributed by atoms with van der Waals surface area (Å²) >= 11 is 0. The van der Waals surface area contributed by atoms with E-state index in [-0.39, 0.29) is 29.3 Å². The van der Waals surface area contributed by atoms with E-state index >= 15 is 0 Å². The summed E-state index contributed by atoms with van der Waals surface area (Å²) in [7, 11) is 4.42. The fraction of sp³-hybridized carbons (Fsp3) is 0.600. The summed E-state index contributed by atoms with van der Waals surface area (Å²) in [5.41, 5.74) is 0.176. The first-order chi connectivity index (χ1) is 12.8. The number of piperidine rings is 1. The van der Waals surface area contributed by atoms with Crippen LogP contribution in [0.25, 0.3) is 0 Å². The zero-order valence-electron chi connectivity index (χ0n) is 16.9. The van der Waals surface area contributed by atoms with Crippen molar-refractivity contribution in [2.24, 2.45) is 0 Å². The topological polar surface area (TPSA) is 74.3 Å². The Balaban J connectivity index is 2.19. The molecule has 0 spiro atoms. The number of carbonyl (C=O) groups is 2. The van der Waals surface area contributed by atoms with Gasteiger partial charge in [-0.25, -0.2) is 4.79 Å². The number of rotatable bonds is 6. The average Bonchev–Trinajstić information content (AvgIpc) is 2.66. The Morgan fingerprint density at radius 2 is 1.48 bits per heavy atom. The molecule has 0 unspecified atom stereocenters. The highest BCUT2D eigenvalue weighted by Gasteiger charge is 2.33. The Bertz CT molecular complexity index is 679. The molecule has 0 bridgehead atoms. The van der Waals surface area contributed by atoms with Crippen LogP contribution in [0, 0.1) is 0 Å². The van der Waals surface area contributed by atoms with Gasteiger partial charge in [-0.1, -0.05) is 0 Å². The zero-order chi connectivity index (χ0) is 20.1. The Kier molecular flexibility index (Phi) is 6.93. The van der Waals surface area contributed by atoms with Crippen molar-refractivity contribution in [2.75, 3.05) is 21.3 Å². The summed E-state index contributed by atoms with van der Waals surface area (Å²) in [6.07, 6.45) is 2.13. The maximum Gasteiger partial charge on any atom is 0.342 e. The van der Waals surface area contributed by atoms with Gasteiger partial charge in [-0.05, 0) is 40.0 Å². The summed E-state index contributed by atoms with van der Waals surface area (Å²) in [6, 6.07) is 3.32. The Morgan fingerprint density at radius 1 is 0.963 bits per heavy atom. The lowest BCUT2D eigenvalue weighted by Crippen LogP contribution is -2.51. The van der Waals surface area contributed by atoms with Crippen molar-refractivity contribution in [3.63, 3.8) is 0 Å². The second kappa shape index (κ2) is 8.97. The van der Waals surface area contributed by atoms with E-state index < -0.39 is 12.1 Å². The van der Waals surface area contributed by atoms with Crippen LogP contribution in [0.15, 0.2) is 12.1 Å². The van der Waals surface area contributed by atoms with Crippen LogP contribution in [-0.4, -0.2) is 56.3 Å². The number of methoxy groups -OCH3 is 3. The van der Waals surface area contributed by atoms with Gasteiger partial charge in [0.1, 0.15) is 11.3 Å². The van der Waals surface area contributed by atoms with Gasteiger partial charge in [0, 0.05) is 24.2 Å². The van der Waals surface area contributed by atoms with Crippen LogP contribution < -0.4 is 14.2 Å². The van der Waals surface area contributed by atoms with E-state index in [2.05, 4.69) is 0 Å². The van der Waals surface area contributed by atoms with Crippen molar-refractivity contribution in [1.29, 1.82) is 0 Å². The standard InChI is InChI=1S/C20H29NO6/c1-12-8-7-9-13(2)21(12)19(22)14(3)27-20(23)15-10-17(25-5)18(26-6)11-16(15)24-4/h10-14H,7-9H2,1-6H3/t12-,13-,14-/m1/s1. The molecule has 1 fully saturated rings. The van der Waals surface area contributed by atoms with Crippen molar-refractivity contribution in [3.05, 3.63) is 17.7 Å². The third-order valence-corrected chi connectivity index (χ3v) is 5.01. The molecule has 1 amide bonds. The molecule has 0 saturated carbocycles. The molecule has 0 radical (unpaired) electrons. The lowest BCUT2D eigenvalue weighted by molar-refractivity contribution is -0.146. The normalized spacial score (nSPS) is 20.6. The fourth-order valence-corrected chi connectivity index (χ4v) is 3.53. The molecule has 7 nitrogen and oxygen atoms in total. The molecule has 1 saturated heterocycles. The Hall–Kier alpha value is -2.44. The molecule has 150 valence electrons. The van der Waals surface area contributed by atoms with Crippen LogP contribution in [0.1, 0.15) is 50.4 Å². The molecule has 1 aromatic carbocycles. The average molecular weight is 379 g/mol. The van der Waals surface area contributed by atoms with Crippen molar-refractivity contribution < 1.29 is 28.5 Å². The molecular formula is C20H29NO6. The molecule has 0 N–H and O–H groups in total. The van der Waals surface area contributed by atoms with Crippen molar-refractivity contribution in [3.8, 4) is 17.2 Å². The molecule has 0 aliphatic carbocycles. The highest BCUT2D eigenvalue weighted by atomic mass is 16.6. The van der Waals surface area contributed by atoms with Crippen molar-refractivity contribution >= 4 is 11.9 Å². The first-order valence-electron chi connectivity index (χ1n) is 9.17. The van der Waals surface area contributed by atoms with Crippen molar-refractivity contribution in [1.82, 2.24) is 4.90 Å². The van der Waals surface area contributed by atoms with Gasteiger partial charge in [-0.15, -0.1) is 0 Å². The number of amides is 1. The molecule has 1 aliphatic heterocycles. The van der Waals surface area contributed by atoms with Crippen molar-refractivity contribution in [2.45, 2.75) is 58.2 Å². The third kappa shape index (κ3) is 4.46. The molecule has 2 rings (SSSR count). The lowest BCUT2D eigenvalue weighted by Gasteiger charge is -2.40. The summed E-state index contributed by atoms with van der Waals surface area (Å²) < 4.78 is 21.2. The van der Waals surface area contributed by atoms with Crippen LogP contribution in [0.3, 0.4) is 0 Å². The third-order valence-electron chi connectivity index (χ3n) is 5.01. The summed E-state index contributed by atoms with van der Waals surface area (Å²) in [4.78, 5) is 27.3. The minimum atomic E-state index is -0.890. The summed E-state index contributed by atoms with van der Waals surface area (Å²) in [5, 5.41) is 0. The first-order valence-corrected chi connectivity index (χ1v) is 9.17. The van der Waals surface area contributed by atoms with E-state index in [0.717, 1.165) is 19.3 Å². The monoisotopic (exact) mass is 379 g/mol. The van der Waals surface area contributed by atoms with Gasteiger partial charge in [-0.3, -0.25) is 4.79 Å². The molecule has 0 aromatic heterocycles. The minimum Gasteiger partial charge on any atom is -0.496 e. The summed E-state index contributed by atoms with van der Waals surface area (Å²) in [6.45, 7) is 5.65. The van der Waals surface area contributed by atoms with E-state index in [1.54, 1.807) is 13.0 Å².